The maximum absolute atomic E-state index is 13.1. The van der Waals surface area contributed by atoms with Crippen LogP contribution in [0.1, 0.15) is 99.2 Å². The molecule has 0 radical (unpaired) electrons. The topological polar surface area (TPSA) is 185 Å². The number of unbranched alkanes of at least 4 members (excludes halogenated alkanes) is 6. The van der Waals surface area contributed by atoms with Crippen LogP contribution in [0.5, 0.6) is 23.0 Å². The molecule has 6 rings (SSSR count). The Morgan fingerprint density at radius 2 is 0.836 bits per heavy atom. The van der Waals surface area contributed by atoms with Crippen molar-refractivity contribution < 1.29 is 71.4 Å². The molecule has 2 saturated heterocycles. The van der Waals surface area contributed by atoms with Gasteiger partial charge in [0.2, 0.25) is 0 Å². The number of carbonyl (C=O) groups is 6. The molecule has 1 unspecified atom stereocenters. The summed E-state index contributed by atoms with van der Waals surface area (Å²) in [6.45, 7) is 8.30. The molecule has 352 valence electrons. The summed E-state index contributed by atoms with van der Waals surface area (Å²) < 4.78 is 50.6. The Balaban J connectivity index is 0.868. The van der Waals surface area contributed by atoms with E-state index in [1.165, 1.54) is 54.6 Å². The molecule has 0 saturated carbocycles. The van der Waals surface area contributed by atoms with E-state index in [0.29, 0.717) is 48.9 Å². The summed E-state index contributed by atoms with van der Waals surface area (Å²) in [6, 6.07) is 25.1. The van der Waals surface area contributed by atoms with Gasteiger partial charge in [0.25, 0.3) is 0 Å². The van der Waals surface area contributed by atoms with E-state index in [4.69, 9.17) is 42.6 Å². The second-order valence-electron chi connectivity index (χ2n) is 15.7. The Morgan fingerprint density at radius 3 is 1.24 bits per heavy atom. The molecule has 0 bridgehead atoms. The molecular weight excluding hydrogens is 865 g/mol. The van der Waals surface area contributed by atoms with E-state index >= 15 is 0 Å². The third-order valence-corrected chi connectivity index (χ3v) is 10.8. The van der Waals surface area contributed by atoms with E-state index in [1.807, 2.05) is 0 Å². The van der Waals surface area contributed by atoms with Crippen molar-refractivity contribution in [2.24, 2.45) is 0 Å². The van der Waals surface area contributed by atoms with Crippen LogP contribution in [0.3, 0.4) is 0 Å². The molecular formula is C52H54O15. The summed E-state index contributed by atoms with van der Waals surface area (Å²) >= 11 is 0. The molecule has 0 amide bonds. The van der Waals surface area contributed by atoms with Gasteiger partial charge >= 0.3 is 29.8 Å². The maximum Gasteiger partial charge on any atom is 0.343 e. The Morgan fingerprint density at radius 1 is 0.463 bits per heavy atom. The van der Waals surface area contributed by atoms with Crippen molar-refractivity contribution in [3.63, 3.8) is 0 Å². The van der Waals surface area contributed by atoms with E-state index in [9.17, 15) is 28.8 Å². The number of ketones is 1. The largest absolute Gasteiger partial charge is 0.494 e. The third kappa shape index (κ3) is 15.2. The van der Waals surface area contributed by atoms with Crippen LogP contribution >= 0.6 is 0 Å². The second kappa shape index (κ2) is 25.6. The number of esters is 5. The number of ether oxygens (including phenoxy) is 9. The van der Waals surface area contributed by atoms with Gasteiger partial charge in [0, 0.05) is 12.5 Å². The fraction of sp³-hybridized carbons (Fsp3) is 0.346. The lowest BCUT2D eigenvalue weighted by molar-refractivity contribution is -0.137. The molecule has 4 aromatic rings. The van der Waals surface area contributed by atoms with Crippen LogP contribution in [-0.4, -0.2) is 93.1 Å². The van der Waals surface area contributed by atoms with Gasteiger partial charge in [0.05, 0.1) is 55.3 Å². The summed E-state index contributed by atoms with van der Waals surface area (Å²) in [5.41, 5.74) is 1.08. The average Bonchev–Trinajstić information content (AvgIpc) is 3.94. The van der Waals surface area contributed by atoms with Gasteiger partial charge in [-0.05, 0) is 142 Å². The van der Waals surface area contributed by atoms with Crippen LogP contribution in [0.2, 0.25) is 0 Å². The highest BCUT2D eigenvalue weighted by Gasteiger charge is 2.51. The van der Waals surface area contributed by atoms with E-state index in [2.05, 4.69) is 13.2 Å². The summed E-state index contributed by atoms with van der Waals surface area (Å²) in [6.07, 6.45) is 7.14. The summed E-state index contributed by atoms with van der Waals surface area (Å²) in [5, 5.41) is 0. The standard InChI is InChI=1S/C52H54O15/c1-3-39(53)13-9-5-6-10-30-59-40-22-14-35(15-23-40)49(55)64-42-26-18-37(19-27-42)51(57)66-44-33-62-48-45(34-63-47(44)48)67-52(58)38-20-28-43(29-21-38)65-50(56)36-16-24-41(25-17-36)60-31-11-7-8-12-32-61-46(54)4-2/h3-4,14-29,44-45,47-48H,1-2,5-13,30-34H2/t44-,45?,47+,48+/m0/s1. The van der Waals surface area contributed by atoms with Gasteiger partial charge in [-0.2, -0.15) is 0 Å². The molecule has 2 fully saturated rings. The lowest BCUT2D eigenvalue weighted by Gasteiger charge is -2.17. The molecule has 0 aromatic heterocycles. The van der Waals surface area contributed by atoms with E-state index in [0.717, 1.165) is 57.4 Å². The second-order valence-corrected chi connectivity index (χ2v) is 15.7. The molecule has 15 nitrogen and oxygen atoms in total. The zero-order valence-corrected chi connectivity index (χ0v) is 37.1. The van der Waals surface area contributed by atoms with Gasteiger partial charge in [0.15, 0.2) is 18.0 Å². The first-order valence-corrected chi connectivity index (χ1v) is 22.3. The van der Waals surface area contributed by atoms with E-state index < -0.39 is 54.3 Å². The number of hydrogen-bond donors (Lipinski definition) is 0. The molecule has 2 aliphatic heterocycles. The van der Waals surface area contributed by atoms with Gasteiger partial charge in [-0.3, -0.25) is 4.79 Å². The Bertz CT molecular complexity index is 2300. The van der Waals surface area contributed by atoms with Crippen LogP contribution in [0, 0.1) is 0 Å². The van der Waals surface area contributed by atoms with Crippen molar-refractivity contribution in [3.8, 4) is 23.0 Å². The molecule has 0 spiro atoms. The van der Waals surface area contributed by atoms with Crippen molar-refractivity contribution in [3.05, 3.63) is 145 Å². The smallest absolute Gasteiger partial charge is 0.343 e. The van der Waals surface area contributed by atoms with Crippen molar-refractivity contribution in [1.29, 1.82) is 0 Å². The van der Waals surface area contributed by atoms with Crippen molar-refractivity contribution in [1.82, 2.24) is 0 Å². The lowest BCUT2D eigenvalue weighted by atomic mass is 10.1. The fourth-order valence-electron chi connectivity index (χ4n) is 7.09. The normalized spacial score (nSPS) is 17.0. The van der Waals surface area contributed by atoms with Crippen LogP contribution in [0.25, 0.3) is 0 Å². The third-order valence-electron chi connectivity index (χ3n) is 10.8. The molecule has 2 aliphatic rings. The first-order valence-electron chi connectivity index (χ1n) is 22.3. The molecule has 67 heavy (non-hydrogen) atoms. The van der Waals surface area contributed by atoms with Crippen LogP contribution in [-0.2, 0) is 33.3 Å². The van der Waals surface area contributed by atoms with Gasteiger partial charge in [-0.15, -0.1) is 0 Å². The van der Waals surface area contributed by atoms with Crippen molar-refractivity contribution in [2.75, 3.05) is 33.0 Å². The molecule has 2 heterocycles. The highest BCUT2D eigenvalue weighted by molar-refractivity contribution is 5.93. The first-order chi connectivity index (χ1) is 32.6. The van der Waals surface area contributed by atoms with Gasteiger partial charge in [-0.1, -0.05) is 26.0 Å². The summed E-state index contributed by atoms with van der Waals surface area (Å²) in [4.78, 5) is 74.1. The zero-order valence-electron chi connectivity index (χ0n) is 37.1. The van der Waals surface area contributed by atoms with Gasteiger partial charge < -0.3 is 42.6 Å². The predicted octanol–water partition coefficient (Wildman–Crippen LogP) is 8.43. The summed E-state index contributed by atoms with van der Waals surface area (Å²) in [7, 11) is 0. The minimum absolute atomic E-state index is 0.0306. The SMILES string of the molecule is C=CC(=O)CCCCCCOc1ccc(C(=O)Oc2ccc(C(=O)O[C@H]3CO[C@@H]4C(OC(=O)c5ccc(OC(=O)c6ccc(OCCCCCCOC(=O)C=C)cc6)cc5)CO[C@H]34)cc2)cc1. The molecule has 0 aliphatic carbocycles. The minimum Gasteiger partial charge on any atom is -0.494 e. The number of fused-ring (bicyclic) bond motifs is 1. The van der Waals surface area contributed by atoms with Crippen molar-refractivity contribution >= 4 is 35.6 Å². The Hall–Kier alpha value is -7.10. The van der Waals surface area contributed by atoms with Crippen LogP contribution < -0.4 is 18.9 Å². The number of hydrogen-bond acceptors (Lipinski definition) is 15. The van der Waals surface area contributed by atoms with Crippen molar-refractivity contribution in [2.45, 2.75) is 82.2 Å². The Labute approximate surface area is 388 Å². The fourth-order valence-corrected chi connectivity index (χ4v) is 7.09. The quantitative estimate of drug-likeness (QED) is 0.0192. The number of allylic oxidation sites excluding steroid dienone is 1. The molecule has 4 atom stereocenters. The predicted molar refractivity (Wildman–Crippen MR) is 242 cm³/mol. The lowest BCUT2D eigenvalue weighted by Crippen LogP contribution is -2.36. The van der Waals surface area contributed by atoms with E-state index in [1.54, 1.807) is 48.5 Å². The summed E-state index contributed by atoms with van der Waals surface area (Å²) in [5.74, 6) is -1.10. The molecule has 15 heteroatoms. The monoisotopic (exact) mass is 918 g/mol. The minimum atomic E-state index is -0.758. The first kappa shape index (κ1) is 49.3. The van der Waals surface area contributed by atoms with Crippen LogP contribution in [0.15, 0.2) is 122 Å². The van der Waals surface area contributed by atoms with E-state index in [-0.39, 0.29) is 41.6 Å². The number of benzene rings is 4. The number of carbonyl (C=O) groups excluding carboxylic acids is 6. The average molecular weight is 919 g/mol. The Kier molecular flexibility index (Phi) is 18.8. The highest BCUT2D eigenvalue weighted by Crippen LogP contribution is 2.32. The molecule has 4 aromatic carbocycles. The maximum atomic E-state index is 13.1. The van der Waals surface area contributed by atoms with Crippen LogP contribution in [0.4, 0.5) is 0 Å². The van der Waals surface area contributed by atoms with Gasteiger partial charge in [0.1, 0.15) is 35.2 Å². The van der Waals surface area contributed by atoms with Gasteiger partial charge in [-0.25, -0.2) is 24.0 Å². The zero-order chi connectivity index (χ0) is 47.4. The number of rotatable bonds is 26. The molecule has 0 N–H and O–H groups in total. The highest BCUT2D eigenvalue weighted by atomic mass is 16.7.